The number of benzene rings is 2. The van der Waals surface area contributed by atoms with Gasteiger partial charge in [0.1, 0.15) is 0 Å². The molecule has 0 aromatic heterocycles. The second-order valence-electron chi connectivity index (χ2n) is 6.20. The Morgan fingerprint density at radius 3 is 2.48 bits per heavy atom. The third-order valence-corrected chi connectivity index (χ3v) is 5.39. The van der Waals surface area contributed by atoms with Crippen LogP contribution in [-0.2, 0) is 4.79 Å². The molecule has 3 rings (SSSR count). The van der Waals surface area contributed by atoms with Crippen molar-refractivity contribution < 1.29 is 4.79 Å². The number of hydrogen-bond acceptors (Lipinski definition) is 3. The number of halogens is 2. The number of carbonyl (C=O) groups excluding carboxylic acids is 1. The number of nitrogens with zero attached hydrogens (tertiary/aromatic N) is 2. The first kappa shape index (κ1) is 18.2. The first-order valence-electron chi connectivity index (χ1n) is 8.31. The summed E-state index contributed by atoms with van der Waals surface area (Å²) >= 11 is 9.62. The van der Waals surface area contributed by atoms with Gasteiger partial charge in [-0.3, -0.25) is 9.69 Å². The number of carbonyl (C=O) groups is 1. The predicted molar refractivity (Wildman–Crippen MR) is 108 cm³/mol. The van der Waals surface area contributed by atoms with Gasteiger partial charge in [-0.15, -0.1) is 0 Å². The standard InChI is InChI=1S/C19H21BrClN3O/c1-14-17(21)3-2-4-18(14)24-11-9-23(10-12-24)13-19(25)22-16-7-5-15(20)6-8-16/h2-8H,9-13H2,1H3,(H,22,25). The minimum absolute atomic E-state index is 0.0229. The molecule has 0 bridgehead atoms. The molecule has 1 amide bonds. The zero-order valence-electron chi connectivity index (χ0n) is 14.1. The lowest BCUT2D eigenvalue weighted by Crippen LogP contribution is -2.48. The van der Waals surface area contributed by atoms with Crippen molar-refractivity contribution in [2.75, 3.05) is 42.9 Å². The monoisotopic (exact) mass is 421 g/mol. The molecule has 0 spiro atoms. The molecule has 1 N–H and O–H groups in total. The van der Waals surface area contributed by atoms with E-state index in [0.29, 0.717) is 6.54 Å². The van der Waals surface area contributed by atoms with Crippen molar-refractivity contribution in [3.8, 4) is 0 Å². The van der Waals surface area contributed by atoms with Crippen LogP contribution in [0.4, 0.5) is 11.4 Å². The molecule has 0 saturated carbocycles. The molecular weight excluding hydrogens is 402 g/mol. The summed E-state index contributed by atoms with van der Waals surface area (Å²) in [4.78, 5) is 16.7. The maximum absolute atomic E-state index is 12.2. The quantitative estimate of drug-likeness (QED) is 0.803. The molecule has 6 heteroatoms. The number of amides is 1. The molecule has 1 saturated heterocycles. The summed E-state index contributed by atoms with van der Waals surface area (Å²) in [5, 5.41) is 3.74. The van der Waals surface area contributed by atoms with Gasteiger partial charge >= 0.3 is 0 Å². The van der Waals surface area contributed by atoms with Crippen molar-refractivity contribution in [2.24, 2.45) is 0 Å². The van der Waals surface area contributed by atoms with Gasteiger partial charge in [-0.25, -0.2) is 0 Å². The predicted octanol–water partition coefficient (Wildman–Crippen LogP) is 4.17. The summed E-state index contributed by atoms with van der Waals surface area (Å²) in [5.41, 5.74) is 3.12. The van der Waals surface area contributed by atoms with Crippen LogP contribution in [0.2, 0.25) is 5.02 Å². The topological polar surface area (TPSA) is 35.6 Å². The average molecular weight is 423 g/mol. The Balaban J connectivity index is 1.51. The van der Waals surface area contributed by atoms with Gasteiger partial charge in [-0.2, -0.15) is 0 Å². The van der Waals surface area contributed by atoms with E-state index in [0.717, 1.165) is 46.9 Å². The zero-order valence-corrected chi connectivity index (χ0v) is 16.5. The maximum atomic E-state index is 12.2. The first-order chi connectivity index (χ1) is 12.0. The van der Waals surface area contributed by atoms with E-state index >= 15 is 0 Å². The van der Waals surface area contributed by atoms with Crippen molar-refractivity contribution in [2.45, 2.75) is 6.92 Å². The molecule has 0 radical (unpaired) electrons. The highest BCUT2D eigenvalue weighted by Gasteiger charge is 2.20. The van der Waals surface area contributed by atoms with E-state index in [9.17, 15) is 4.79 Å². The minimum atomic E-state index is 0.0229. The fourth-order valence-corrected chi connectivity index (χ4v) is 3.46. The van der Waals surface area contributed by atoms with Crippen LogP contribution in [0.3, 0.4) is 0 Å². The van der Waals surface area contributed by atoms with Gasteiger partial charge in [0.25, 0.3) is 0 Å². The summed E-state index contributed by atoms with van der Waals surface area (Å²) < 4.78 is 0.998. The largest absolute Gasteiger partial charge is 0.369 e. The lowest BCUT2D eigenvalue weighted by molar-refractivity contribution is -0.117. The number of piperazine rings is 1. The van der Waals surface area contributed by atoms with Gasteiger partial charge in [-0.05, 0) is 48.9 Å². The Bertz CT molecular complexity index is 743. The number of hydrogen-bond donors (Lipinski definition) is 1. The van der Waals surface area contributed by atoms with Crippen LogP contribution in [-0.4, -0.2) is 43.5 Å². The van der Waals surface area contributed by atoms with Gasteiger partial charge in [0.05, 0.1) is 6.54 Å². The van der Waals surface area contributed by atoms with Gasteiger partial charge < -0.3 is 10.2 Å². The van der Waals surface area contributed by atoms with E-state index in [1.807, 2.05) is 36.4 Å². The Morgan fingerprint density at radius 1 is 1.12 bits per heavy atom. The summed E-state index contributed by atoms with van der Waals surface area (Å²) in [5.74, 6) is 0.0229. The van der Waals surface area contributed by atoms with E-state index in [-0.39, 0.29) is 5.91 Å². The Hall–Kier alpha value is -1.56. The molecule has 1 fully saturated rings. The molecule has 1 aliphatic heterocycles. The minimum Gasteiger partial charge on any atom is -0.369 e. The molecule has 1 aliphatic rings. The molecule has 132 valence electrons. The van der Waals surface area contributed by atoms with Gasteiger partial charge in [0.2, 0.25) is 5.91 Å². The van der Waals surface area contributed by atoms with E-state index in [2.05, 4.69) is 44.0 Å². The van der Waals surface area contributed by atoms with Crippen LogP contribution < -0.4 is 10.2 Å². The summed E-state index contributed by atoms with van der Waals surface area (Å²) in [7, 11) is 0. The second-order valence-corrected chi connectivity index (χ2v) is 7.53. The molecule has 1 heterocycles. The normalized spacial score (nSPS) is 15.2. The van der Waals surface area contributed by atoms with Gasteiger partial charge in [-0.1, -0.05) is 33.6 Å². The lowest BCUT2D eigenvalue weighted by Gasteiger charge is -2.36. The van der Waals surface area contributed by atoms with E-state index < -0.39 is 0 Å². The van der Waals surface area contributed by atoms with Crippen molar-refractivity contribution >= 4 is 44.8 Å². The summed E-state index contributed by atoms with van der Waals surface area (Å²) in [6, 6.07) is 13.6. The van der Waals surface area contributed by atoms with Crippen LogP contribution in [0.1, 0.15) is 5.56 Å². The van der Waals surface area contributed by atoms with Crippen LogP contribution in [0.15, 0.2) is 46.9 Å². The summed E-state index contributed by atoms with van der Waals surface area (Å²) in [6.45, 7) is 5.98. The first-order valence-corrected chi connectivity index (χ1v) is 9.48. The number of rotatable bonds is 4. The second kappa shape index (κ2) is 8.21. The third kappa shape index (κ3) is 4.75. The maximum Gasteiger partial charge on any atom is 0.238 e. The molecule has 2 aromatic rings. The van der Waals surface area contributed by atoms with Gasteiger partial charge in [0.15, 0.2) is 0 Å². The zero-order chi connectivity index (χ0) is 17.8. The van der Waals surface area contributed by atoms with Crippen molar-refractivity contribution in [3.63, 3.8) is 0 Å². The fourth-order valence-electron chi connectivity index (χ4n) is 3.02. The fraction of sp³-hybridized carbons (Fsp3) is 0.316. The van der Waals surface area contributed by atoms with E-state index in [1.165, 1.54) is 5.69 Å². The highest BCUT2D eigenvalue weighted by molar-refractivity contribution is 9.10. The van der Waals surface area contributed by atoms with Crippen molar-refractivity contribution in [1.82, 2.24) is 4.90 Å². The molecule has 0 unspecified atom stereocenters. The van der Waals surface area contributed by atoms with Crippen LogP contribution in [0.25, 0.3) is 0 Å². The number of nitrogens with one attached hydrogen (secondary N) is 1. The molecule has 2 aromatic carbocycles. The highest BCUT2D eigenvalue weighted by Crippen LogP contribution is 2.27. The van der Waals surface area contributed by atoms with E-state index in [4.69, 9.17) is 11.6 Å². The van der Waals surface area contributed by atoms with Crippen molar-refractivity contribution in [3.05, 3.63) is 57.5 Å². The molecule has 25 heavy (non-hydrogen) atoms. The van der Waals surface area contributed by atoms with Crippen molar-refractivity contribution in [1.29, 1.82) is 0 Å². The van der Waals surface area contributed by atoms with Crippen LogP contribution in [0.5, 0.6) is 0 Å². The van der Waals surface area contributed by atoms with Crippen LogP contribution in [0, 0.1) is 6.92 Å². The smallest absolute Gasteiger partial charge is 0.238 e. The summed E-state index contributed by atoms with van der Waals surface area (Å²) in [6.07, 6.45) is 0. The Kier molecular flexibility index (Phi) is 5.99. The van der Waals surface area contributed by atoms with E-state index in [1.54, 1.807) is 0 Å². The SMILES string of the molecule is Cc1c(Cl)cccc1N1CCN(CC(=O)Nc2ccc(Br)cc2)CC1. The lowest BCUT2D eigenvalue weighted by atomic mass is 10.1. The number of anilines is 2. The highest BCUT2D eigenvalue weighted by atomic mass is 79.9. The molecule has 0 atom stereocenters. The molecular formula is C19H21BrClN3O. The van der Waals surface area contributed by atoms with Gasteiger partial charge in [0, 0.05) is 47.0 Å². The average Bonchev–Trinajstić information content (AvgIpc) is 2.60. The molecule has 4 nitrogen and oxygen atoms in total. The third-order valence-electron chi connectivity index (χ3n) is 4.45. The molecule has 0 aliphatic carbocycles. The Morgan fingerprint density at radius 2 is 1.80 bits per heavy atom. The Labute approximate surface area is 161 Å². The van der Waals surface area contributed by atoms with Crippen LogP contribution >= 0.6 is 27.5 Å².